The average Bonchev–Trinajstić information content (AvgIpc) is 2.76. The highest BCUT2D eigenvalue weighted by atomic mass is 16.5. The van der Waals surface area contributed by atoms with Gasteiger partial charge in [-0.2, -0.15) is 0 Å². The standard InChI is InChI=1S/C17H23N5O/c1-12-16(22-9-4-3-6-14(18)10-22)20-11-21-17(12)23-15-7-5-8-19-13(15)2/h5,7-8,11,14H,3-4,6,9-10,18H2,1-2H3. The normalized spacial score (nSPS) is 18.6. The molecule has 0 spiro atoms. The fraction of sp³-hybridized carbons (Fsp3) is 0.471. The third-order valence-electron chi connectivity index (χ3n) is 4.18. The Morgan fingerprint density at radius 3 is 2.91 bits per heavy atom. The van der Waals surface area contributed by atoms with E-state index in [1.807, 2.05) is 26.0 Å². The molecule has 2 aromatic heterocycles. The maximum Gasteiger partial charge on any atom is 0.227 e. The van der Waals surface area contributed by atoms with Gasteiger partial charge in [0.1, 0.15) is 12.1 Å². The van der Waals surface area contributed by atoms with Crippen molar-refractivity contribution in [1.82, 2.24) is 15.0 Å². The molecule has 1 aliphatic heterocycles. The van der Waals surface area contributed by atoms with E-state index in [0.717, 1.165) is 43.0 Å². The molecule has 1 aliphatic rings. The molecule has 0 amide bonds. The zero-order chi connectivity index (χ0) is 16.2. The van der Waals surface area contributed by atoms with Gasteiger partial charge in [0.25, 0.3) is 0 Å². The Kier molecular flexibility index (Phi) is 4.71. The molecule has 3 heterocycles. The minimum Gasteiger partial charge on any atom is -0.437 e. The average molecular weight is 313 g/mol. The van der Waals surface area contributed by atoms with Gasteiger partial charge in [-0.3, -0.25) is 4.98 Å². The summed E-state index contributed by atoms with van der Waals surface area (Å²) in [5, 5.41) is 0. The second kappa shape index (κ2) is 6.91. The molecule has 0 aromatic carbocycles. The number of hydrogen-bond donors (Lipinski definition) is 1. The molecule has 1 saturated heterocycles. The van der Waals surface area contributed by atoms with E-state index >= 15 is 0 Å². The summed E-state index contributed by atoms with van der Waals surface area (Å²) < 4.78 is 5.96. The molecular weight excluding hydrogens is 290 g/mol. The lowest BCUT2D eigenvalue weighted by molar-refractivity contribution is 0.451. The summed E-state index contributed by atoms with van der Waals surface area (Å²) in [6.07, 6.45) is 6.67. The minimum atomic E-state index is 0.191. The van der Waals surface area contributed by atoms with E-state index in [1.165, 1.54) is 6.42 Å². The van der Waals surface area contributed by atoms with Crippen molar-refractivity contribution in [2.24, 2.45) is 5.73 Å². The van der Waals surface area contributed by atoms with Crippen molar-refractivity contribution in [1.29, 1.82) is 0 Å². The first-order valence-electron chi connectivity index (χ1n) is 8.06. The summed E-state index contributed by atoms with van der Waals surface area (Å²) in [4.78, 5) is 15.3. The predicted octanol–water partition coefficient (Wildman–Crippen LogP) is 2.60. The van der Waals surface area contributed by atoms with Crippen LogP contribution in [0.5, 0.6) is 11.6 Å². The van der Waals surface area contributed by atoms with Crippen molar-refractivity contribution >= 4 is 5.82 Å². The molecule has 0 saturated carbocycles. The van der Waals surface area contributed by atoms with Crippen molar-refractivity contribution in [3.05, 3.63) is 35.9 Å². The number of rotatable bonds is 3. The van der Waals surface area contributed by atoms with Gasteiger partial charge in [-0.05, 0) is 38.8 Å². The summed E-state index contributed by atoms with van der Waals surface area (Å²) in [6, 6.07) is 3.94. The summed E-state index contributed by atoms with van der Waals surface area (Å²) in [5.41, 5.74) is 7.94. The molecule has 6 heteroatoms. The zero-order valence-electron chi connectivity index (χ0n) is 13.7. The molecule has 0 radical (unpaired) electrons. The van der Waals surface area contributed by atoms with Gasteiger partial charge in [0.05, 0.1) is 11.3 Å². The van der Waals surface area contributed by atoms with Gasteiger partial charge in [-0.15, -0.1) is 0 Å². The van der Waals surface area contributed by atoms with Gasteiger partial charge in [-0.1, -0.05) is 6.42 Å². The van der Waals surface area contributed by atoms with Crippen molar-refractivity contribution in [2.75, 3.05) is 18.0 Å². The van der Waals surface area contributed by atoms with Gasteiger partial charge in [0.2, 0.25) is 5.88 Å². The Balaban J connectivity index is 1.87. The highest BCUT2D eigenvalue weighted by molar-refractivity contribution is 5.51. The van der Waals surface area contributed by atoms with Crippen LogP contribution in [0.15, 0.2) is 24.7 Å². The topological polar surface area (TPSA) is 77.2 Å². The van der Waals surface area contributed by atoms with E-state index in [9.17, 15) is 0 Å². The van der Waals surface area contributed by atoms with Gasteiger partial charge < -0.3 is 15.4 Å². The number of nitrogens with zero attached hydrogens (tertiary/aromatic N) is 4. The van der Waals surface area contributed by atoms with E-state index < -0.39 is 0 Å². The number of anilines is 1. The van der Waals surface area contributed by atoms with Crippen LogP contribution >= 0.6 is 0 Å². The SMILES string of the molecule is Cc1ncccc1Oc1ncnc(N2CCCCC(N)C2)c1C. The lowest BCUT2D eigenvalue weighted by atomic mass is 10.2. The minimum absolute atomic E-state index is 0.191. The second-order valence-electron chi connectivity index (χ2n) is 6.02. The van der Waals surface area contributed by atoms with E-state index in [2.05, 4.69) is 19.9 Å². The van der Waals surface area contributed by atoms with Gasteiger partial charge in [-0.25, -0.2) is 9.97 Å². The first-order chi connectivity index (χ1) is 11.1. The van der Waals surface area contributed by atoms with Crippen LogP contribution in [0.1, 0.15) is 30.5 Å². The Labute approximate surface area is 136 Å². The quantitative estimate of drug-likeness (QED) is 0.938. The highest BCUT2D eigenvalue weighted by Gasteiger charge is 2.20. The number of aryl methyl sites for hydroxylation is 1. The van der Waals surface area contributed by atoms with E-state index in [1.54, 1.807) is 12.5 Å². The number of hydrogen-bond acceptors (Lipinski definition) is 6. The van der Waals surface area contributed by atoms with Gasteiger partial charge in [0, 0.05) is 25.3 Å². The van der Waals surface area contributed by atoms with Crippen molar-refractivity contribution in [2.45, 2.75) is 39.2 Å². The monoisotopic (exact) mass is 313 g/mol. The molecule has 0 aliphatic carbocycles. The lowest BCUT2D eigenvalue weighted by Gasteiger charge is -2.25. The smallest absolute Gasteiger partial charge is 0.227 e. The third kappa shape index (κ3) is 3.59. The van der Waals surface area contributed by atoms with Crippen LogP contribution in [-0.4, -0.2) is 34.1 Å². The van der Waals surface area contributed by atoms with Gasteiger partial charge >= 0.3 is 0 Å². The molecular formula is C17H23N5O. The summed E-state index contributed by atoms with van der Waals surface area (Å²) in [7, 11) is 0. The van der Waals surface area contributed by atoms with Crippen LogP contribution in [-0.2, 0) is 0 Å². The molecule has 0 bridgehead atoms. The second-order valence-corrected chi connectivity index (χ2v) is 6.02. The van der Waals surface area contributed by atoms with Crippen LogP contribution in [0.4, 0.5) is 5.82 Å². The van der Waals surface area contributed by atoms with Crippen molar-refractivity contribution in [3.8, 4) is 11.6 Å². The maximum absolute atomic E-state index is 6.17. The molecule has 2 N–H and O–H groups in total. The third-order valence-corrected chi connectivity index (χ3v) is 4.18. The molecule has 1 fully saturated rings. The zero-order valence-corrected chi connectivity index (χ0v) is 13.7. The molecule has 2 aromatic rings. The van der Waals surface area contributed by atoms with E-state index in [0.29, 0.717) is 11.6 Å². The largest absolute Gasteiger partial charge is 0.437 e. The molecule has 122 valence electrons. The lowest BCUT2D eigenvalue weighted by Crippen LogP contribution is -2.36. The van der Waals surface area contributed by atoms with Gasteiger partial charge in [0.15, 0.2) is 5.75 Å². The Morgan fingerprint density at radius 1 is 1.22 bits per heavy atom. The van der Waals surface area contributed by atoms with Crippen LogP contribution in [0, 0.1) is 13.8 Å². The maximum atomic E-state index is 6.17. The molecule has 23 heavy (non-hydrogen) atoms. The first kappa shape index (κ1) is 15.7. The molecule has 6 nitrogen and oxygen atoms in total. The Morgan fingerprint density at radius 2 is 2.09 bits per heavy atom. The number of aromatic nitrogens is 3. The van der Waals surface area contributed by atoms with Crippen molar-refractivity contribution in [3.63, 3.8) is 0 Å². The summed E-state index contributed by atoms with van der Waals surface area (Å²) >= 11 is 0. The number of pyridine rings is 1. The van der Waals surface area contributed by atoms with Crippen molar-refractivity contribution < 1.29 is 4.74 Å². The first-order valence-corrected chi connectivity index (χ1v) is 8.06. The fourth-order valence-corrected chi connectivity index (χ4v) is 2.90. The predicted molar refractivity (Wildman–Crippen MR) is 89.9 cm³/mol. The fourth-order valence-electron chi connectivity index (χ4n) is 2.90. The van der Waals surface area contributed by atoms with E-state index in [4.69, 9.17) is 10.5 Å². The molecule has 3 rings (SSSR count). The Hall–Kier alpha value is -2.21. The van der Waals surface area contributed by atoms with Crippen LogP contribution in [0.25, 0.3) is 0 Å². The van der Waals surface area contributed by atoms with E-state index in [-0.39, 0.29) is 6.04 Å². The summed E-state index contributed by atoms with van der Waals surface area (Å²) in [5.74, 6) is 2.20. The number of ether oxygens (including phenoxy) is 1. The Bertz CT molecular complexity index is 676. The van der Waals surface area contributed by atoms with Crippen LogP contribution in [0.3, 0.4) is 0 Å². The van der Waals surface area contributed by atoms with Crippen LogP contribution in [0.2, 0.25) is 0 Å². The summed E-state index contributed by atoms with van der Waals surface area (Å²) in [6.45, 7) is 5.70. The molecule has 1 unspecified atom stereocenters. The van der Waals surface area contributed by atoms with Crippen LogP contribution < -0.4 is 15.4 Å². The molecule has 1 atom stereocenters. The number of nitrogens with two attached hydrogens (primary N) is 1. The highest BCUT2D eigenvalue weighted by Crippen LogP contribution is 2.30.